The van der Waals surface area contributed by atoms with Crippen LogP contribution in [0.25, 0.3) is 0 Å². The van der Waals surface area contributed by atoms with Crippen LogP contribution >= 0.6 is 11.6 Å². The number of nitrogens with one attached hydrogen (secondary N) is 4. The van der Waals surface area contributed by atoms with Gasteiger partial charge in [0.15, 0.2) is 0 Å². The van der Waals surface area contributed by atoms with Crippen LogP contribution in [0.1, 0.15) is 66.2 Å². The average Bonchev–Trinajstić information content (AvgIpc) is 2.94. The average molecular weight is 548 g/mol. The molecule has 1 amide bonds. The number of rotatable bonds is 13. The molecule has 2 rings (SSSR count). The van der Waals surface area contributed by atoms with Crippen LogP contribution in [0, 0.1) is 5.92 Å². The van der Waals surface area contributed by atoms with Crippen LogP contribution in [0.5, 0.6) is 0 Å². The molecule has 2 aromatic carbocycles. The van der Waals surface area contributed by atoms with Gasteiger partial charge in [-0.1, -0.05) is 95.8 Å². The summed E-state index contributed by atoms with van der Waals surface area (Å²) in [5.74, 6) is 5.52. The van der Waals surface area contributed by atoms with Gasteiger partial charge in [0.1, 0.15) is 5.84 Å². The predicted octanol–water partition coefficient (Wildman–Crippen LogP) is 6.48. The van der Waals surface area contributed by atoms with Gasteiger partial charge in [-0.25, -0.2) is 11.4 Å². The summed E-state index contributed by atoms with van der Waals surface area (Å²) < 4.78 is 0. The quantitative estimate of drug-likeness (QED) is 0.0559. The molecule has 0 radical (unpaired) electrons. The van der Waals surface area contributed by atoms with Crippen molar-refractivity contribution in [2.24, 2.45) is 22.6 Å². The maximum Gasteiger partial charge on any atom is 0.227 e. The third-order valence-corrected chi connectivity index (χ3v) is 5.20. The van der Waals surface area contributed by atoms with Gasteiger partial charge in [0, 0.05) is 29.4 Å². The Balaban J connectivity index is 0. The summed E-state index contributed by atoms with van der Waals surface area (Å²) in [5.41, 5.74) is 9.22. The van der Waals surface area contributed by atoms with Crippen molar-refractivity contribution in [3.63, 3.8) is 0 Å². The normalized spacial score (nSPS) is 10.6. The van der Waals surface area contributed by atoms with Crippen molar-refractivity contribution in [1.29, 1.82) is 0 Å². The summed E-state index contributed by atoms with van der Waals surface area (Å²) in [6.45, 7) is 12.2. The number of nitrogens with zero attached hydrogens (tertiary/aromatic N) is 1. The lowest BCUT2D eigenvalue weighted by Crippen LogP contribution is -2.29. The van der Waals surface area contributed by atoms with Crippen LogP contribution < -0.4 is 33.1 Å². The number of carbonyl (C=O) groups excluding carboxylic acids is 1. The van der Waals surface area contributed by atoms with Gasteiger partial charge in [0.2, 0.25) is 5.91 Å². The summed E-state index contributed by atoms with van der Waals surface area (Å²) >= 11 is 5.54. The lowest BCUT2D eigenvalue weighted by Gasteiger charge is -2.16. The molecule has 0 aromatic heterocycles. The molecule has 0 saturated carbocycles. The zero-order valence-corrected chi connectivity index (χ0v) is 24.7. The fourth-order valence-electron chi connectivity index (χ4n) is 3.11. The molecule has 1 atom stereocenters. The monoisotopic (exact) mass is 547 g/mol. The summed E-state index contributed by atoms with van der Waals surface area (Å²) in [6, 6.07) is 17.3. The number of halogens is 1. The summed E-state index contributed by atoms with van der Waals surface area (Å²) in [6.07, 6.45) is 8.11. The molecular weight excluding hydrogens is 498 g/mol. The maximum atomic E-state index is 12.4. The van der Waals surface area contributed by atoms with Crippen molar-refractivity contribution in [3.05, 3.63) is 72.4 Å². The van der Waals surface area contributed by atoms with Crippen molar-refractivity contribution in [3.8, 4) is 0 Å². The first-order chi connectivity index (χ1) is 18.4. The molecule has 0 saturated heterocycles. The highest BCUT2D eigenvalue weighted by molar-refractivity contribution is 6.30. The third kappa shape index (κ3) is 20.9. The molecule has 0 fully saturated rings. The van der Waals surface area contributed by atoms with Gasteiger partial charge in [0.25, 0.3) is 0 Å². The highest BCUT2D eigenvalue weighted by Gasteiger charge is 2.17. The summed E-state index contributed by atoms with van der Waals surface area (Å²) in [5, 5.41) is 13.1. The molecule has 0 bridgehead atoms. The SMILES string of the molecule is C=CNC/C(N)=N/NN.CC.CCCCC[C@H](CCC)C(=O)Nc1cccc(NC)c1.Clc1ccccc1. The Morgan fingerprint density at radius 3 is 2.18 bits per heavy atom. The summed E-state index contributed by atoms with van der Waals surface area (Å²) in [7, 11) is 1.88. The molecule has 0 spiro atoms. The van der Waals surface area contributed by atoms with Crippen molar-refractivity contribution in [2.75, 3.05) is 24.2 Å². The minimum Gasteiger partial charge on any atom is -0.388 e. The van der Waals surface area contributed by atoms with Crippen LogP contribution in [0.2, 0.25) is 5.02 Å². The Bertz CT molecular complexity index is 863. The Kier molecular flexibility index (Phi) is 26.1. The molecule has 0 unspecified atom stereocenters. The highest BCUT2D eigenvalue weighted by Crippen LogP contribution is 2.20. The molecular formula is C29H50ClN7O. The van der Waals surface area contributed by atoms with Gasteiger partial charge in [-0.15, -0.1) is 0 Å². The Labute approximate surface area is 235 Å². The minimum absolute atomic E-state index is 0.143. The van der Waals surface area contributed by atoms with Crippen molar-refractivity contribution in [2.45, 2.75) is 66.2 Å². The van der Waals surface area contributed by atoms with Gasteiger partial charge >= 0.3 is 0 Å². The standard InChI is InChI=1S/C17H28N2O.C6H5Cl.C4H11N5.C2H6/c1-4-6-7-10-14(9-5-2)17(20)19-16-12-8-11-15(13-16)18-3;7-6-4-2-1-3-5-6;1-2-7-3-4(5)8-9-6;1-2/h8,11-14,18H,4-7,9-10H2,1-3H3,(H,19,20);1-5H;2,7,9H,1,3,6H2,(H2,5,8);1-2H3/t14-;;;/m0.../s1. The number of hydrazone groups is 1. The van der Waals surface area contributed by atoms with Crippen LogP contribution in [0.15, 0.2) is 72.5 Å². The Morgan fingerprint density at radius 1 is 1.03 bits per heavy atom. The molecule has 2 aromatic rings. The van der Waals surface area contributed by atoms with E-state index < -0.39 is 0 Å². The largest absolute Gasteiger partial charge is 0.388 e. The van der Waals surface area contributed by atoms with Crippen molar-refractivity contribution in [1.82, 2.24) is 10.9 Å². The van der Waals surface area contributed by atoms with E-state index in [1.807, 2.05) is 75.5 Å². The topological polar surface area (TPSA) is 130 Å². The smallest absolute Gasteiger partial charge is 0.227 e. The van der Waals surface area contributed by atoms with E-state index in [-0.39, 0.29) is 11.8 Å². The summed E-state index contributed by atoms with van der Waals surface area (Å²) in [4.78, 5) is 12.4. The third-order valence-electron chi connectivity index (χ3n) is 4.95. The second-order valence-electron chi connectivity index (χ2n) is 7.91. The zero-order valence-electron chi connectivity index (χ0n) is 23.9. The number of hydrazine groups is 1. The van der Waals surface area contributed by atoms with E-state index in [9.17, 15) is 4.79 Å². The molecule has 9 heteroatoms. The van der Waals surface area contributed by atoms with Gasteiger partial charge < -0.3 is 21.7 Å². The van der Waals surface area contributed by atoms with Gasteiger partial charge in [-0.2, -0.15) is 5.10 Å². The number of amidine groups is 1. The molecule has 38 heavy (non-hydrogen) atoms. The lowest BCUT2D eigenvalue weighted by atomic mass is 9.95. The number of nitrogens with two attached hydrogens (primary N) is 2. The zero-order chi connectivity index (χ0) is 29.0. The highest BCUT2D eigenvalue weighted by atomic mass is 35.5. The second kappa shape index (κ2) is 26.8. The van der Waals surface area contributed by atoms with E-state index in [1.54, 1.807) is 0 Å². The van der Waals surface area contributed by atoms with Gasteiger partial charge in [-0.3, -0.25) is 4.79 Å². The fraction of sp³-hybridized carbons (Fsp3) is 0.448. The van der Waals surface area contributed by atoms with Gasteiger partial charge in [0.05, 0.1) is 6.54 Å². The van der Waals surface area contributed by atoms with Crippen molar-refractivity contribution >= 4 is 34.7 Å². The number of unbranched alkanes of at least 4 members (excludes halogenated alkanes) is 2. The first kappa shape index (κ1) is 36.9. The number of hydrogen-bond donors (Lipinski definition) is 6. The van der Waals surface area contributed by atoms with E-state index in [4.69, 9.17) is 23.2 Å². The fourth-order valence-corrected chi connectivity index (χ4v) is 3.25. The Morgan fingerprint density at radius 2 is 1.68 bits per heavy atom. The predicted molar refractivity (Wildman–Crippen MR) is 167 cm³/mol. The first-order valence-electron chi connectivity index (χ1n) is 13.3. The molecule has 8 nitrogen and oxygen atoms in total. The van der Waals surface area contributed by atoms with Crippen LogP contribution in [-0.2, 0) is 4.79 Å². The number of hydrogen-bond acceptors (Lipinski definition) is 6. The molecule has 0 heterocycles. The Hall–Kier alpha value is -3.23. The lowest BCUT2D eigenvalue weighted by molar-refractivity contribution is -0.120. The van der Waals surface area contributed by atoms with E-state index >= 15 is 0 Å². The van der Waals surface area contributed by atoms with Crippen molar-refractivity contribution < 1.29 is 4.79 Å². The molecule has 214 valence electrons. The second-order valence-corrected chi connectivity index (χ2v) is 8.35. The van der Waals surface area contributed by atoms with Crippen LogP contribution in [-0.4, -0.2) is 25.3 Å². The first-order valence-corrected chi connectivity index (χ1v) is 13.7. The van der Waals surface area contributed by atoms with E-state index in [0.717, 1.165) is 42.1 Å². The molecule has 0 aliphatic heterocycles. The number of amides is 1. The van der Waals surface area contributed by atoms with Crippen LogP contribution in [0.3, 0.4) is 0 Å². The minimum atomic E-state index is 0.143. The molecule has 0 aliphatic rings. The number of benzene rings is 2. The van der Waals surface area contributed by atoms with E-state index in [2.05, 4.69) is 47.0 Å². The van der Waals surface area contributed by atoms with E-state index in [0.29, 0.717) is 12.4 Å². The maximum absolute atomic E-state index is 12.4. The van der Waals surface area contributed by atoms with E-state index in [1.165, 1.54) is 19.0 Å². The van der Waals surface area contributed by atoms with Gasteiger partial charge in [-0.05, 0) is 49.4 Å². The van der Waals surface area contributed by atoms with Crippen LogP contribution in [0.4, 0.5) is 11.4 Å². The number of anilines is 2. The molecule has 0 aliphatic carbocycles. The molecule has 8 N–H and O–H groups in total. The number of carbonyl (C=O) groups is 1.